The van der Waals surface area contributed by atoms with Crippen molar-refractivity contribution >= 4 is 82.4 Å². The Labute approximate surface area is 340 Å². The number of carbonyl (C=O) groups excluding carboxylic acids is 5. The average Bonchev–Trinajstić information content (AvgIpc) is 3.16. The van der Waals surface area contributed by atoms with Gasteiger partial charge >= 0.3 is 5.97 Å². The first-order chi connectivity index (χ1) is 25.9. The summed E-state index contributed by atoms with van der Waals surface area (Å²) in [4.78, 5) is 80.0. The number of fused-ring (bicyclic) bond motifs is 1. The topological polar surface area (TPSA) is 212 Å². The van der Waals surface area contributed by atoms with E-state index in [-0.39, 0.29) is 60.6 Å². The lowest BCUT2D eigenvalue weighted by Gasteiger charge is -2.36. The van der Waals surface area contributed by atoms with Crippen LogP contribution in [0, 0.1) is 5.92 Å². The summed E-state index contributed by atoms with van der Waals surface area (Å²) in [5.41, 5.74) is 6.47. The third kappa shape index (κ3) is 18.9. The van der Waals surface area contributed by atoms with E-state index in [1.807, 2.05) is 0 Å². The van der Waals surface area contributed by atoms with Gasteiger partial charge in [-0.15, -0.1) is 0 Å². The Morgan fingerprint density at radius 3 is 2.04 bits per heavy atom. The second kappa shape index (κ2) is 27.7. The number of nitrogens with two attached hydrogens (primary N) is 1. The lowest BCUT2D eigenvalue weighted by atomic mass is 9.93. The summed E-state index contributed by atoms with van der Waals surface area (Å²) >= 11 is 8.43. The van der Waals surface area contributed by atoms with E-state index in [1.165, 1.54) is 11.9 Å². The zero-order valence-corrected chi connectivity index (χ0v) is 35.4. The number of hydrogen-bond acceptors (Lipinski definition) is 12. The third-order valence-electron chi connectivity index (χ3n) is 9.81. The number of carbonyl (C=O) groups is 6. The maximum Gasteiger partial charge on any atom is 0.306 e. The van der Waals surface area contributed by atoms with Crippen molar-refractivity contribution in [1.29, 1.82) is 0 Å². The summed E-state index contributed by atoms with van der Waals surface area (Å²) < 4.78 is 0. The molecule has 1 aliphatic heterocycles. The average molecular weight is 836 g/mol. The summed E-state index contributed by atoms with van der Waals surface area (Å²) in [6, 6.07) is -2.89. The molecule has 0 bridgehead atoms. The number of aliphatic carboxylic acids is 1. The minimum Gasteiger partial charge on any atom is -0.481 e. The van der Waals surface area contributed by atoms with E-state index in [1.54, 1.807) is 28.6 Å². The lowest BCUT2D eigenvalue weighted by molar-refractivity contribution is -0.144. The fraction of sp³-hybridized carbons (Fsp3) is 0.833. The van der Waals surface area contributed by atoms with Crippen LogP contribution in [0.1, 0.15) is 103 Å². The molecule has 0 spiro atoms. The highest BCUT2D eigenvalue weighted by atomic mass is 33.1. The molecule has 5 amide bonds. The Hall–Kier alpha value is -1.86. The number of carboxylic acids is 1. The van der Waals surface area contributed by atoms with Gasteiger partial charge in [0.25, 0.3) is 0 Å². The van der Waals surface area contributed by atoms with Crippen LogP contribution in [0.4, 0.5) is 0 Å². The van der Waals surface area contributed by atoms with Crippen LogP contribution in [-0.2, 0) is 28.8 Å². The Morgan fingerprint density at radius 2 is 1.43 bits per heavy atom. The van der Waals surface area contributed by atoms with Gasteiger partial charge in [0.1, 0.15) is 12.1 Å². The normalized spacial score (nSPS) is 22.1. The molecule has 1 aliphatic carbocycles. The Kier molecular flexibility index (Phi) is 24.8. The first-order valence-corrected chi connectivity index (χ1v) is 23.0. The van der Waals surface area contributed by atoms with E-state index >= 15 is 0 Å². The maximum absolute atomic E-state index is 14.1. The molecule has 310 valence electrons. The molecule has 54 heavy (non-hydrogen) atoms. The second-order valence-corrected chi connectivity index (χ2v) is 18.0. The zero-order valence-electron chi connectivity index (χ0n) is 32.0. The molecule has 0 radical (unpaired) electrons. The molecule has 7 atom stereocenters. The van der Waals surface area contributed by atoms with Gasteiger partial charge in [0, 0.05) is 62.1 Å². The van der Waals surface area contributed by atoms with Gasteiger partial charge < -0.3 is 42.3 Å². The number of rotatable bonds is 26. The number of thiol groups is 2. The van der Waals surface area contributed by atoms with Crippen LogP contribution in [0.2, 0.25) is 0 Å². The van der Waals surface area contributed by atoms with Crippen molar-refractivity contribution in [2.45, 2.75) is 137 Å². The van der Waals surface area contributed by atoms with Crippen LogP contribution in [-0.4, -0.2) is 125 Å². The van der Waals surface area contributed by atoms with Crippen LogP contribution in [0.15, 0.2) is 0 Å². The summed E-state index contributed by atoms with van der Waals surface area (Å²) in [5, 5.41) is 25.0. The van der Waals surface area contributed by atoms with Crippen LogP contribution < -0.4 is 32.3 Å². The fourth-order valence-corrected chi connectivity index (χ4v) is 10.1. The second-order valence-electron chi connectivity index (χ2n) is 14.4. The van der Waals surface area contributed by atoms with Crippen molar-refractivity contribution in [1.82, 2.24) is 31.5 Å². The molecule has 8 N–H and O–H groups in total. The van der Waals surface area contributed by atoms with E-state index in [9.17, 15) is 33.9 Å². The molecule has 2 fully saturated rings. The molecular weight excluding hydrogens is 771 g/mol. The first kappa shape index (κ1) is 48.3. The fourth-order valence-electron chi connectivity index (χ4n) is 6.65. The van der Waals surface area contributed by atoms with Gasteiger partial charge in [-0.3, -0.25) is 28.8 Å². The molecule has 5 unspecified atom stereocenters. The molecule has 0 aromatic heterocycles. The van der Waals surface area contributed by atoms with Gasteiger partial charge in [0.2, 0.25) is 29.5 Å². The van der Waals surface area contributed by atoms with Crippen molar-refractivity contribution in [3.63, 3.8) is 0 Å². The van der Waals surface area contributed by atoms with Gasteiger partial charge in [0.05, 0.1) is 12.3 Å². The van der Waals surface area contributed by atoms with E-state index in [0.29, 0.717) is 51.6 Å². The van der Waals surface area contributed by atoms with Crippen LogP contribution in [0.25, 0.3) is 0 Å². The first-order valence-electron chi connectivity index (χ1n) is 19.5. The quantitative estimate of drug-likeness (QED) is 0.0351. The Bertz CT molecular complexity index is 1190. The van der Waals surface area contributed by atoms with Crippen molar-refractivity contribution in [3.05, 3.63) is 0 Å². The van der Waals surface area contributed by atoms with E-state index in [2.05, 4.69) is 51.8 Å². The summed E-state index contributed by atoms with van der Waals surface area (Å²) in [6.07, 6.45) is 8.59. The SMILES string of the molecule is CNCCNC(=O)[C@H](CC(=O)NC1CC(N)CC2SSC2CC(C(=O)O)C1)N(C)C(=O)[C@H](CCCCNC(=O)CCCCCS)NC(=O)CCCCCS. The molecule has 2 aliphatic rings. The van der Waals surface area contributed by atoms with Gasteiger partial charge in [-0.05, 0) is 89.2 Å². The Balaban J connectivity index is 2.16. The predicted molar refractivity (Wildman–Crippen MR) is 224 cm³/mol. The summed E-state index contributed by atoms with van der Waals surface area (Å²) in [5.74, 6) is -1.88. The molecule has 1 saturated carbocycles. The number of nitrogens with one attached hydrogen (secondary N) is 5. The lowest BCUT2D eigenvalue weighted by Crippen LogP contribution is -2.56. The van der Waals surface area contributed by atoms with Gasteiger partial charge in [-0.25, -0.2) is 0 Å². The molecule has 2 rings (SSSR count). The van der Waals surface area contributed by atoms with Crippen molar-refractivity contribution in [2.24, 2.45) is 11.7 Å². The van der Waals surface area contributed by atoms with Gasteiger partial charge in [-0.1, -0.05) is 34.4 Å². The number of likely N-dealkylation sites (N-methyl/N-ethyl adjacent to an activating group) is 2. The van der Waals surface area contributed by atoms with Crippen LogP contribution >= 0.6 is 46.8 Å². The summed E-state index contributed by atoms with van der Waals surface area (Å²) in [7, 11) is 6.61. The predicted octanol–water partition coefficient (Wildman–Crippen LogP) is 2.51. The minimum absolute atomic E-state index is 0.0259. The van der Waals surface area contributed by atoms with E-state index in [0.717, 1.165) is 50.0 Å². The van der Waals surface area contributed by atoms with Crippen molar-refractivity contribution in [3.8, 4) is 0 Å². The van der Waals surface area contributed by atoms with Crippen molar-refractivity contribution < 1.29 is 33.9 Å². The van der Waals surface area contributed by atoms with Crippen LogP contribution in [0.5, 0.6) is 0 Å². The smallest absolute Gasteiger partial charge is 0.306 e. The molecule has 0 aromatic rings. The monoisotopic (exact) mass is 835 g/mol. The van der Waals surface area contributed by atoms with Gasteiger partial charge in [0.15, 0.2) is 0 Å². The van der Waals surface area contributed by atoms with Crippen LogP contribution in [0.3, 0.4) is 0 Å². The number of nitrogens with zero attached hydrogens (tertiary/aromatic N) is 1. The molecule has 0 aromatic carbocycles. The molecule has 18 heteroatoms. The molecule has 1 saturated heterocycles. The van der Waals surface area contributed by atoms with E-state index < -0.39 is 47.7 Å². The number of amides is 5. The highest BCUT2D eigenvalue weighted by Crippen LogP contribution is 2.53. The highest BCUT2D eigenvalue weighted by Gasteiger charge is 2.41. The molecule has 1 heterocycles. The van der Waals surface area contributed by atoms with E-state index in [4.69, 9.17) is 5.73 Å². The highest BCUT2D eigenvalue weighted by molar-refractivity contribution is 8.80. The maximum atomic E-state index is 14.1. The number of hydrogen-bond donors (Lipinski definition) is 9. The standard InChI is InChI=1S/C36H65N7O7S4/c1-38-15-16-40-34(47)28(23-33(46)41-26-19-24(36(49)50)20-29-30(54-53-29)22-25(37)21-26)43(2)35(48)27(42-32(45)13-6-4-10-18-52)11-7-8-14-39-31(44)12-5-3-9-17-51/h24-30,38,51-52H,3-23,37H2,1-2H3,(H,39,44)(H,40,47)(H,41,46)(H,42,45)(H,49,50)/t24?,25?,26?,27-,28-,29?,30?/m0/s1. The molecule has 14 nitrogen and oxygen atoms in total. The Morgan fingerprint density at radius 1 is 0.778 bits per heavy atom. The van der Waals surface area contributed by atoms with Crippen molar-refractivity contribution in [2.75, 3.05) is 45.2 Å². The third-order valence-corrected chi connectivity index (χ3v) is 14.1. The van der Waals surface area contributed by atoms with Gasteiger partial charge in [-0.2, -0.15) is 25.3 Å². The minimum atomic E-state index is -1.20. The number of unbranched alkanes of at least 4 members (excludes halogenated alkanes) is 5. The zero-order chi connectivity index (χ0) is 39.9. The number of carboxylic acid groups (broad SMARTS) is 1. The largest absolute Gasteiger partial charge is 0.481 e. The molecular formula is C36H65N7O7S4. The summed E-state index contributed by atoms with van der Waals surface area (Å²) in [6.45, 7) is 1.16.